The van der Waals surface area contributed by atoms with E-state index in [1.54, 1.807) is 36.4 Å². The van der Waals surface area contributed by atoms with Gasteiger partial charge in [0.05, 0.1) is 17.3 Å². The van der Waals surface area contributed by atoms with Gasteiger partial charge >= 0.3 is 0 Å². The van der Waals surface area contributed by atoms with Gasteiger partial charge in [0.2, 0.25) is 11.9 Å². The van der Waals surface area contributed by atoms with Crippen LogP contribution >= 0.6 is 11.6 Å². The normalized spacial score (nSPS) is 9.48. The molecule has 0 fully saturated rings. The maximum absolute atomic E-state index is 11.8. The average Bonchev–Trinajstić information content (AvgIpc) is 2.88. The number of anilines is 2. The van der Waals surface area contributed by atoms with Crippen molar-refractivity contribution in [2.45, 2.75) is 0 Å². The SMILES string of the molecule is N#Cc1nc(NC(=O)CNc2ccccc2Cl)[nH]c1C#N. The van der Waals surface area contributed by atoms with Gasteiger partial charge in [0, 0.05) is 0 Å². The summed E-state index contributed by atoms with van der Waals surface area (Å²) >= 11 is 5.94. The number of hydrogen-bond acceptors (Lipinski definition) is 5. The van der Waals surface area contributed by atoms with Crippen molar-refractivity contribution in [3.8, 4) is 12.1 Å². The number of aromatic amines is 1. The van der Waals surface area contributed by atoms with Crippen LogP contribution in [0.4, 0.5) is 11.6 Å². The van der Waals surface area contributed by atoms with Crippen molar-refractivity contribution in [1.82, 2.24) is 9.97 Å². The van der Waals surface area contributed by atoms with E-state index in [9.17, 15) is 4.79 Å². The molecule has 0 saturated carbocycles. The van der Waals surface area contributed by atoms with E-state index in [0.29, 0.717) is 10.7 Å². The van der Waals surface area contributed by atoms with E-state index < -0.39 is 5.91 Å². The number of rotatable bonds is 4. The van der Waals surface area contributed by atoms with E-state index >= 15 is 0 Å². The molecule has 21 heavy (non-hydrogen) atoms. The second-order valence-corrected chi connectivity index (χ2v) is 4.32. The fourth-order valence-electron chi connectivity index (χ4n) is 1.55. The maximum atomic E-state index is 11.8. The van der Waals surface area contributed by atoms with Crippen LogP contribution in [0.25, 0.3) is 0 Å². The minimum atomic E-state index is -0.391. The monoisotopic (exact) mass is 300 g/mol. The highest BCUT2D eigenvalue weighted by Crippen LogP contribution is 2.19. The lowest BCUT2D eigenvalue weighted by molar-refractivity contribution is -0.114. The quantitative estimate of drug-likeness (QED) is 0.796. The molecule has 7 nitrogen and oxygen atoms in total. The van der Waals surface area contributed by atoms with Crippen LogP contribution in [0.3, 0.4) is 0 Å². The summed E-state index contributed by atoms with van der Waals surface area (Å²) in [6.45, 7) is -0.0335. The number of H-pyrrole nitrogens is 1. The summed E-state index contributed by atoms with van der Waals surface area (Å²) < 4.78 is 0. The number of nitrogens with one attached hydrogen (secondary N) is 3. The molecule has 2 aromatic rings. The number of amides is 1. The van der Waals surface area contributed by atoms with Crippen LogP contribution in [-0.2, 0) is 4.79 Å². The first-order valence-corrected chi connectivity index (χ1v) is 6.20. The predicted octanol–water partition coefficient (Wildman–Crippen LogP) is 1.86. The van der Waals surface area contributed by atoms with Gasteiger partial charge in [-0.15, -0.1) is 0 Å². The summed E-state index contributed by atoms with van der Waals surface area (Å²) in [7, 11) is 0. The zero-order valence-electron chi connectivity index (χ0n) is 10.6. The molecule has 0 spiro atoms. The van der Waals surface area contributed by atoms with Crippen molar-refractivity contribution >= 4 is 29.1 Å². The molecule has 0 aliphatic carbocycles. The Morgan fingerprint density at radius 1 is 1.33 bits per heavy atom. The van der Waals surface area contributed by atoms with E-state index in [4.69, 9.17) is 22.1 Å². The average molecular weight is 301 g/mol. The molecule has 1 amide bonds. The molecule has 0 atom stereocenters. The molecule has 2 rings (SSSR count). The van der Waals surface area contributed by atoms with Crippen LogP contribution in [0, 0.1) is 22.7 Å². The molecule has 0 aliphatic rings. The Bertz CT molecular complexity index is 723. The second-order valence-electron chi connectivity index (χ2n) is 3.91. The van der Waals surface area contributed by atoms with Crippen LogP contribution in [0.2, 0.25) is 5.02 Å². The highest BCUT2D eigenvalue weighted by molar-refractivity contribution is 6.33. The highest BCUT2D eigenvalue weighted by Gasteiger charge is 2.11. The maximum Gasteiger partial charge on any atom is 0.245 e. The number of para-hydroxylation sites is 1. The van der Waals surface area contributed by atoms with Gasteiger partial charge in [-0.05, 0) is 12.1 Å². The summed E-state index contributed by atoms with van der Waals surface area (Å²) in [6.07, 6.45) is 0. The van der Waals surface area contributed by atoms with Gasteiger partial charge < -0.3 is 10.3 Å². The van der Waals surface area contributed by atoms with Gasteiger partial charge in [-0.3, -0.25) is 10.1 Å². The Kier molecular flexibility index (Phi) is 4.39. The molecule has 104 valence electrons. The molecular weight excluding hydrogens is 292 g/mol. The second kappa shape index (κ2) is 6.42. The van der Waals surface area contributed by atoms with Gasteiger partial charge in [-0.25, -0.2) is 4.98 Å². The number of carbonyl (C=O) groups is 1. The fraction of sp³-hybridized carbons (Fsp3) is 0.0769. The van der Waals surface area contributed by atoms with E-state index in [1.807, 2.05) is 0 Å². The number of nitrogens with zero attached hydrogens (tertiary/aromatic N) is 3. The Hall–Kier alpha value is -3.03. The number of carbonyl (C=O) groups excluding carboxylic acids is 1. The standard InChI is InChI=1S/C13H9ClN6O/c14-8-3-1-2-4-9(8)17-7-12(21)20-13-18-10(5-15)11(6-16)19-13/h1-4,17H,7H2,(H2,18,19,20,21). The lowest BCUT2D eigenvalue weighted by atomic mass is 10.3. The number of nitriles is 2. The first-order valence-electron chi connectivity index (χ1n) is 5.82. The Morgan fingerprint density at radius 3 is 2.71 bits per heavy atom. The van der Waals surface area contributed by atoms with Gasteiger partial charge in [0.15, 0.2) is 11.4 Å². The molecule has 3 N–H and O–H groups in total. The third-order valence-electron chi connectivity index (χ3n) is 2.49. The Morgan fingerprint density at radius 2 is 2.10 bits per heavy atom. The van der Waals surface area contributed by atoms with Crippen molar-refractivity contribution in [1.29, 1.82) is 10.5 Å². The first-order chi connectivity index (χ1) is 10.1. The summed E-state index contributed by atoms with van der Waals surface area (Å²) in [5.74, 6) is -0.341. The van der Waals surface area contributed by atoms with Crippen LogP contribution in [-0.4, -0.2) is 22.4 Å². The van der Waals surface area contributed by atoms with Crippen molar-refractivity contribution < 1.29 is 4.79 Å². The summed E-state index contributed by atoms with van der Waals surface area (Å²) in [4.78, 5) is 18.1. The smallest absolute Gasteiger partial charge is 0.245 e. The molecule has 0 bridgehead atoms. The zero-order chi connectivity index (χ0) is 15.2. The van der Waals surface area contributed by atoms with Crippen LogP contribution < -0.4 is 10.6 Å². The fourth-order valence-corrected chi connectivity index (χ4v) is 1.75. The molecule has 8 heteroatoms. The van der Waals surface area contributed by atoms with E-state index in [0.717, 1.165) is 0 Å². The number of imidazole rings is 1. The van der Waals surface area contributed by atoms with Gasteiger partial charge in [-0.2, -0.15) is 10.5 Å². The van der Waals surface area contributed by atoms with Gasteiger partial charge in [0.25, 0.3) is 0 Å². The highest BCUT2D eigenvalue weighted by atomic mass is 35.5. The van der Waals surface area contributed by atoms with Crippen LogP contribution in [0.1, 0.15) is 11.4 Å². The molecule has 0 radical (unpaired) electrons. The van der Waals surface area contributed by atoms with Gasteiger partial charge in [-0.1, -0.05) is 23.7 Å². The number of benzene rings is 1. The Labute approximate surface area is 125 Å². The lowest BCUT2D eigenvalue weighted by Crippen LogP contribution is -2.22. The molecule has 0 unspecified atom stereocenters. The molecule has 1 heterocycles. The van der Waals surface area contributed by atoms with Crippen molar-refractivity contribution in [3.63, 3.8) is 0 Å². The predicted molar refractivity (Wildman–Crippen MR) is 76.6 cm³/mol. The van der Waals surface area contributed by atoms with E-state index in [-0.39, 0.29) is 23.9 Å². The van der Waals surface area contributed by atoms with Crippen molar-refractivity contribution in [2.24, 2.45) is 0 Å². The summed E-state index contributed by atoms with van der Waals surface area (Å²) in [5.41, 5.74) is 0.572. The lowest BCUT2D eigenvalue weighted by Gasteiger charge is -2.07. The van der Waals surface area contributed by atoms with Crippen LogP contribution in [0.15, 0.2) is 24.3 Å². The third kappa shape index (κ3) is 3.50. The third-order valence-corrected chi connectivity index (χ3v) is 2.82. The molecule has 1 aromatic heterocycles. The minimum Gasteiger partial charge on any atom is -0.375 e. The number of hydrogen-bond donors (Lipinski definition) is 3. The van der Waals surface area contributed by atoms with E-state index in [2.05, 4.69) is 20.6 Å². The van der Waals surface area contributed by atoms with Gasteiger partial charge in [0.1, 0.15) is 12.1 Å². The Balaban J connectivity index is 1.97. The largest absolute Gasteiger partial charge is 0.375 e. The number of aromatic nitrogens is 2. The molecule has 1 aromatic carbocycles. The summed E-state index contributed by atoms with van der Waals surface area (Å²) in [6, 6.07) is 10.5. The topological polar surface area (TPSA) is 117 Å². The van der Waals surface area contributed by atoms with Crippen LogP contribution in [0.5, 0.6) is 0 Å². The minimum absolute atomic E-state index is 0.00635. The molecular formula is C13H9ClN6O. The summed E-state index contributed by atoms with van der Waals surface area (Å²) in [5, 5.41) is 23.3. The first kappa shape index (κ1) is 14.4. The molecule has 0 saturated heterocycles. The van der Waals surface area contributed by atoms with Crippen molar-refractivity contribution in [3.05, 3.63) is 40.7 Å². The zero-order valence-corrected chi connectivity index (χ0v) is 11.4. The van der Waals surface area contributed by atoms with E-state index in [1.165, 1.54) is 0 Å². The number of halogens is 1. The molecule has 0 aliphatic heterocycles. The van der Waals surface area contributed by atoms with Crippen molar-refractivity contribution in [2.75, 3.05) is 17.2 Å².